The topological polar surface area (TPSA) is 68.0 Å². The number of nitrogens with one attached hydrogen (secondary N) is 1. The van der Waals surface area contributed by atoms with E-state index in [0.717, 1.165) is 0 Å². The lowest BCUT2D eigenvalue weighted by molar-refractivity contribution is 0.0928. The fourth-order valence-corrected chi connectivity index (χ4v) is 2.45. The fraction of sp³-hybridized carbons (Fsp3) is 0.538. The monoisotopic (exact) mass is 233 g/mol. The summed E-state index contributed by atoms with van der Waals surface area (Å²) in [5.41, 5.74) is 6.70. The highest BCUT2D eigenvalue weighted by Gasteiger charge is 2.23. The molecule has 1 atom stereocenters. The zero-order chi connectivity index (χ0) is 12.3. The Labute approximate surface area is 102 Å². The maximum Gasteiger partial charge on any atom is 0.255 e. The molecule has 0 spiro atoms. The quantitative estimate of drug-likeness (QED) is 0.838. The van der Waals surface area contributed by atoms with E-state index in [1.165, 1.54) is 31.9 Å². The average molecular weight is 233 g/mol. The van der Waals surface area contributed by atoms with Gasteiger partial charge in [0, 0.05) is 24.1 Å². The van der Waals surface area contributed by atoms with Gasteiger partial charge in [0.25, 0.3) is 5.91 Å². The molecule has 0 bridgehead atoms. The Hall–Kier alpha value is -1.58. The smallest absolute Gasteiger partial charge is 0.255 e. The average Bonchev–Trinajstić information content (AvgIpc) is 2.82. The Bertz CT molecular complexity index is 399. The van der Waals surface area contributed by atoms with Crippen LogP contribution in [0.2, 0.25) is 0 Å². The molecule has 17 heavy (non-hydrogen) atoms. The summed E-state index contributed by atoms with van der Waals surface area (Å²) in [5.74, 6) is 0.492. The third kappa shape index (κ3) is 2.75. The van der Waals surface area contributed by atoms with Crippen molar-refractivity contribution >= 4 is 11.6 Å². The van der Waals surface area contributed by atoms with Gasteiger partial charge in [-0.3, -0.25) is 9.78 Å². The second-order valence-electron chi connectivity index (χ2n) is 4.77. The van der Waals surface area contributed by atoms with E-state index in [9.17, 15) is 4.79 Å². The van der Waals surface area contributed by atoms with E-state index in [2.05, 4.69) is 17.2 Å². The minimum Gasteiger partial charge on any atom is -0.398 e. The van der Waals surface area contributed by atoms with Crippen LogP contribution in [-0.4, -0.2) is 16.9 Å². The van der Waals surface area contributed by atoms with Crippen LogP contribution in [0.25, 0.3) is 0 Å². The van der Waals surface area contributed by atoms with Crippen molar-refractivity contribution in [3.05, 3.63) is 24.0 Å². The molecule has 1 aromatic heterocycles. The lowest BCUT2D eigenvalue weighted by Gasteiger charge is -2.20. The standard InChI is InChI=1S/C13H19N3O/c1-9(10-4-2-3-5-10)16-13(17)11-8-15-7-6-12(11)14/h6-10H,2-5H2,1H3,(H2,14,15)(H,16,17). The molecular formula is C13H19N3O. The molecule has 1 aliphatic rings. The Morgan fingerprint density at radius 3 is 2.88 bits per heavy atom. The molecule has 1 amide bonds. The summed E-state index contributed by atoms with van der Waals surface area (Å²) in [5, 5.41) is 3.02. The van der Waals surface area contributed by atoms with Gasteiger partial charge in [-0.15, -0.1) is 0 Å². The van der Waals surface area contributed by atoms with Gasteiger partial charge in [-0.2, -0.15) is 0 Å². The SMILES string of the molecule is CC(NC(=O)c1cnccc1N)C1CCCC1. The zero-order valence-corrected chi connectivity index (χ0v) is 10.1. The van der Waals surface area contributed by atoms with Crippen LogP contribution in [0.5, 0.6) is 0 Å². The van der Waals surface area contributed by atoms with Gasteiger partial charge in [0.1, 0.15) is 0 Å². The van der Waals surface area contributed by atoms with Crippen LogP contribution in [0.1, 0.15) is 43.0 Å². The van der Waals surface area contributed by atoms with Gasteiger partial charge in [-0.1, -0.05) is 12.8 Å². The number of anilines is 1. The third-order valence-electron chi connectivity index (χ3n) is 3.57. The lowest BCUT2D eigenvalue weighted by atomic mass is 9.99. The van der Waals surface area contributed by atoms with Crippen molar-refractivity contribution in [2.45, 2.75) is 38.6 Å². The van der Waals surface area contributed by atoms with Crippen LogP contribution in [-0.2, 0) is 0 Å². The normalized spacial score (nSPS) is 17.9. The number of hydrogen-bond donors (Lipinski definition) is 2. The highest BCUT2D eigenvalue weighted by atomic mass is 16.1. The molecule has 0 aliphatic heterocycles. The van der Waals surface area contributed by atoms with Crippen LogP contribution < -0.4 is 11.1 Å². The van der Waals surface area contributed by atoms with Gasteiger partial charge < -0.3 is 11.1 Å². The van der Waals surface area contributed by atoms with Crippen molar-refractivity contribution in [1.82, 2.24) is 10.3 Å². The van der Waals surface area contributed by atoms with Crippen LogP contribution in [0, 0.1) is 5.92 Å². The predicted octanol–water partition coefficient (Wildman–Crippen LogP) is 1.97. The number of aromatic nitrogens is 1. The first-order chi connectivity index (χ1) is 8.18. The van der Waals surface area contributed by atoms with Gasteiger partial charge in [-0.05, 0) is 31.7 Å². The summed E-state index contributed by atoms with van der Waals surface area (Å²) in [6, 6.07) is 1.86. The largest absolute Gasteiger partial charge is 0.398 e. The van der Waals surface area contributed by atoms with E-state index in [-0.39, 0.29) is 11.9 Å². The molecular weight excluding hydrogens is 214 g/mol. The number of hydrogen-bond acceptors (Lipinski definition) is 3. The van der Waals surface area contributed by atoms with Gasteiger partial charge in [0.15, 0.2) is 0 Å². The number of carbonyl (C=O) groups excluding carboxylic acids is 1. The van der Waals surface area contributed by atoms with Crippen molar-refractivity contribution in [3.63, 3.8) is 0 Å². The van der Waals surface area contributed by atoms with Crippen LogP contribution in [0.3, 0.4) is 0 Å². The lowest BCUT2D eigenvalue weighted by Crippen LogP contribution is -2.37. The minimum absolute atomic E-state index is 0.116. The third-order valence-corrected chi connectivity index (χ3v) is 3.57. The Kier molecular flexibility index (Phi) is 3.61. The van der Waals surface area contributed by atoms with Gasteiger partial charge in [0.05, 0.1) is 5.56 Å². The Morgan fingerprint density at radius 2 is 2.24 bits per heavy atom. The number of rotatable bonds is 3. The first kappa shape index (κ1) is 11.9. The molecule has 92 valence electrons. The van der Waals surface area contributed by atoms with E-state index in [1.54, 1.807) is 12.3 Å². The molecule has 4 nitrogen and oxygen atoms in total. The van der Waals surface area contributed by atoms with Gasteiger partial charge in [-0.25, -0.2) is 0 Å². The second kappa shape index (κ2) is 5.17. The number of carbonyl (C=O) groups is 1. The molecule has 1 saturated carbocycles. The Balaban J connectivity index is 1.99. The molecule has 1 aromatic rings. The highest BCUT2D eigenvalue weighted by Crippen LogP contribution is 2.27. The first-order valence-corrected chi connectivity index (χ1v) is 6.19. The molecule has 1 aliphatic carbocycles. The highest BCUT2D eigenvalue weighted by molar-refractivity contribution is 5.98. The molecule has 0 aromatic carbocycles. The van der Waals surface area contributed by atoms with Gasteiger partial charge in [0.2, 0.25) is 0 Å². The summed E-state index contributed by atoms with van der Waals surface area (Å²) in [4.78, 5) is 15.9. The van der Waals surface area contributed by atoms with E-state index < -0.39 is 0 Å². The van der Waals surface area contributed by atoms with Crippen LogP contribution in [0.15, 0.2) is 18.5 Å². The molecule has 4 heteroatoms. The van der Waals surface area contributed by atoms with E-state index >= 15 is 0 Å². The van der Waals surface area contributed by atoms with Crippen molar-refractivity contribution in [3.8, 4) is 0 Å². The summed E-state index contributed by atoms with van der Waals surface area (Å²) in [6.45, 7) is 2.07. The molecule has 1 unspecified atom stereocenters. The summed E-state index contributed by atoms with van der Waals surface area (Å²) in [6.07, 6.45) is 8.09. The van der Waals surface area contributed by atoms with Crippen molar-refractivity contribution in [2.75, 3.05) is 5.73 Å². The fourth-order valence-electron chi connectivity index (χ4n) is 2.45. The van der Waals surface area contributed by atoms with Crippen LogP contribution in [0.4, 0.5) is 5.69 Å². The number of pyridine rings is 1. The molecule has 2 rings (SSSR count). The predicted molar refractivity (Wildman–Crippen MR) is 67.5 cm³/mol. The van der Waals surface area contributed by atoms with Gasteiger partial charge >= 0.3 is 0 Å². The maximum atomic E-state index is 12.0. The molecule has 1 fully saturated rings. The van der Waals surface area contributed by atoms with E-state index in [0.29, 0.717) is 17.2 Å². The number of amides is 1. The van der Waals surface area contributed by atoms with Crippen molar-refractivity contribution in [1.29, 1.82) is 0 Å². The summed E-state index contributed by atoms with van der Waals surface area (Å²) in [7, 11) is 0. The first-order valence-electron chi connectivity index (χ1n) is 6.19. The zero-order valence-electron chi connectivity index (χ0n) is 10.1. The number of nitrogen functional groups attached to an aromatic ring is 1. The van der Waals surface area contributed by atoms with Crippen LogP contribution >= 0.6 is 0 Å². The minimum atomic E-state index is -0.116. The number of nitrogens with zero attached hydrogens (tertiary/aromatic N) is 1. The second-order valence-corrected chi connectivity index (χ2v) is 4.77. The van der Waals surface area contributed by atoms with Crippen molar-refractivity contribution < 1.29 is 4.79 Å². The summed E-state index contributed by atoms with van der Waals surface area (Å²) >= 11 is 0. The van der Waals surface area contributed by atoms with E-state index in [4.69, 9.17) is 5.73 Å². The molecule has 0 saturated heterocycles. The molecule has 1 heterocycles. The number of nitrogens with two attached hydrogens (primary N) is 1. The molecule has 0 radical (unpaired) electrons. The summed E-state index contributed by atoms with van der Waals surface area (Å²) < 4.78 is 0. The maximum absolute atomic E-state index is 12.0. The van der Waals surface area contributed by atoms with Crippen molar-refractivity contribution in [2.24, 2.45) is 5.92 Å². The molecule has 3 N–H and O–H groups in total. The van der Waals surface area contributed by atoms with E-state index in [1.807, 2.05) is 0 Å². The Morgan fingerprint density at radius 1 is 1.53 bits per heavy atom.